The molecule has 1 unspecified atom stereocenters. The van der Waals surface area contributed by atoms with Crippen LogP contribution >= 0.6 is 0 Å². The van der Waals surface area contributed by atoms with E-state index < -0.39 is 0 Å². The topological polar surface area (TPSA) is 17.1 Å². The third-order valence-corrected chi connectivity index (χ3v) is 4.21. The van der Waals surface area contributed by atoms with Crippen LogP contribution in [0.1, 0.15) is 59.3 Å². The molecule has 0 heterocycles. The van der Waals surface area contributed by atoms with Gasteiger partial charge in [-0.15, -0.1) is 0 Å². The van der Waals surface area contributed by atoms with E-state index in [-0.39, 0.29) is 11.3 Å². The van der Waals surface area contributed by atoms with Crippen LogP contribution < -0.4 is 0 Å². The molecule has 0 saturated carbocycles. The molecule has 1 nitrogen and oxygen atoms in total. The highest BCUT2D eigenvalue weighted by Gasteiger charge is 2.22. The molecular formula is C20H20O. The number of fused-ring (bicyclic) bond motifs is 1. The monoisotopic (exact) mass is 276 g/mol. The summed E-state index contributed by atoms with van der Waals surface area (Å²) in [6.07, 6.45) is 5.31. The van der Waals surface area contributed by atoms with Crippen molar-refractivity contribution in [3.05, 3.63) is 76.4 Å². The summed E-state index contributed by atoms with van der Waals surface area (Å²) >= 11 is 0. The predicted octanol–water partition coefficient (Wildman–Crippen LogP) is 4.96. The van der Waals surface area contributed by atoms with Crippen molar-refractivity contribution in [1.29, 1.82) is 0 Å². The first-order chi connectivity index (χ1) is 10.0. The highest BCUT2D eigenvalue weighted by molar-refractivity contribution is 5.80. The minimum absolute atomic E-state index is 0.0553. The number of rotatable bonds is 2. The Bertz CT molecular complexity index is 717. The number of hydrogen-bond acceptors (Lipinski definition) is 1. The van der Waals surface area contributed by atoms with Crippen molar-refractivity contribution in [2.75, 3.05) is 0 Å². The van der Waals surface area contributed by atoms with E-state index in [1.54, 1.807) is 0 Å². The van der Waals surface area contributed by atoms with Crippen LogP contribution in [0, 0.1) is 0 Å². The average Bonchev–Trinajstić information content (AvgIpc) is 2.89. The molecule has 0 amide bonds. The summed E-state index contributed by atoms with van der Waals surface area (Å²) in [5, 5.41) is 0. The zero-order valence-corrected chi connectivity index (χ0v) is 12.8. The van der Waals surface area contributed by atoms with Gasteiger partial charge in [0.25, 0.3) is 0 Å². The van der Waals surface area contributed by atoms with Crippen molar-refractivity contribution in [3.63, 3.8) is 0 Å². The van der Waals surface area contributed by atoms with Crippen molar-refractivity contribution in [2.24, 2.45) is 0 Å². The van der Waals surface area contributed by atoms with Gasteiger partial charge in [-0.3, -0.25) is 4.79 Å². The number of allylic oxidation sites excluding steroid dienone is 1. The third-order valence-electron chi connectivity index (χ3n) is 4.21. The van der Waals surface area contributed by atoms with Crippen LogP contribution in [0.25, 0.3) is 6.08 Å². The van der Waals surface area contributed by atoms with E-state index in [1.165, 1.54) is 16.7 Å². The maximum absolute atomic E-state index is 11.6. The second-order valence-corrected chi connectivity index (χ2v) is 6.68. The number of carbonyl (C=O) groups is 1. The van der Waals surface area contributed by atoms with Gasteiger partial charge < -0.3 is 0 Å². The summed E-state index contributed by atoms with van der Waals surface area (Å²) < 4.78 is 0. The van der Waals surface area contributed by atoms with E-state index in [0.717, 1.165) is 17.4 Å². The number of aldehydes is 1. The van der Waals surface area contributed by atoms with Gasteiger partial charge in [-0.1, -0.05) is 69.3 Å². The van der Waals surface area contributed by atoms with Crippen molar-refractivity contribution in [2.45, 2.75) is 32.1 Å². The zero-order chi connectivity index (χ0) is 15.0. The molecular weight excluding hydrogens is 256 g/mol. The van der Waals surface area contributed by atoms with Crippen LogP contribution in [0.2, 0.25) is 0 Å². The Hall–Kier alpha value is -2.15. The Morgan fingerprint density at radius 2 is 1.76 bits per heavy atom. The van der Waals surface area contributed by atoms with Gasteiger partial charge in [0.1, 0.15) is 6.29 Å². The Labute approximate surface area is 126 Å². The van der Waals surface area contributed by atoms with Crippen LogP contribution in [-0.4, -0.2) is 6.29 Å². The lowest BCUT2D eigenvalue weighted by Gasteiger charge is -2.22. The second kappa shape index (κ2) is 5.00. The molecule has 1 atom stereocenters. The predicted molar refractivity (Wildman–Crippen MR) is 87.8 cm³/mol. The molecule has 0 spiro atoms. The molecule has 2 aromatic rings. The molecule has 0 aliphatic heterocycles. The van der Waals surface area contributed by atoms with E-state index in [2.05, 4.69) is 69.3 Å². The molecule has 0 radical (unpaired) electrons. The van der Waals surface area contributed by atoms with Gasteiger partial charge in [-0.05, 0) is 33.7 Å². The minimum Gasteiger partial charge on any atom is -0.298 e. The molecule has 21 heavy (non-hydrogen) atoms. The fraction of sp³-hybridized carbons (Fsp3) is 0.250. The van der Waals surface area contributed by atoms with Gasteiger partial charge in [0, 0.05) is 11.5 Å². The maximum atomic E-state index is 11.6. The summed E-state index contributed by atoms with van der Waals surface area (Å²) in [4.78, 5) is 11.6. The van der Waals surface area contributed by atoms with E-state index in [1.807, 2.05) is 6.07 Å². The summed E-state index contributed by atoms with van der Waals surface area (Å²) in [5.41, 5.74) is 5.68. The normalized spacial score (nSPS) is 16.8. The van der Waals surface area contributed by atoms with Gasteiger partial charge in [0.05, 0.1) is 0 Å². The smallest absolute Gasteiger partial charge is 0.150 e. The fourth-order valence-corrected chi connectivity index (χ4v) is 2.95. The van der Waals surface area contributed by atoms with Crippen LogP contribution in [0.5, 0.6) is 0 Å². The highest BCUT2D eigenvalue weighted by Crippen LogP contribution is 2.37. The van der Waals surface area contributed by atoms with Gasteiger partial charge in [0.2, 0.25) is 0 Å². The molecule has 1 heteroatoms. The first kappa shape index (κ1) is 13.8. The molecule has 0 bridgehead atoms. The summed E-state index contributed by atoms with van der Waals surface area (Å²) in [7, 11) is 0. The van der Waals surface area contributed by atoms with Crippen LogP contribution in [0.4, 0.5) is 0 Å². The average molecular weight is 276 g/mol. The van der Waals surface area contributed by atoms with Gasteiger partial charge in [0.15, 0.2) is 0 Å². The van der Waals surface area contributed by atoms with E-state index >= 15 is 0 Å². The molecule has 0 saturated heterocycles. The van der Waals surface area contributed by atoms with Crippen LogP contribution in [0.3, 0.4) is 0 Å². The lowest BCUT2D eigenvalue weighted by atomic mass is 9.82. The van der Waals surface area contributed by atoms with Crippen molar-refractivity contribution in [3.8, 4) is 0 Å². The Kier molecular flexibility index (Phi) is 3.29. The standard InChI is InChI=1S/C20H20O/c1-20(2,3)16-9-11-18(15(12-16)13-21)19-10-8-14-6-4-5-7-17(14)19/h4-13,19H,1-3H3. The number of benzene rings is 2. The first-order valence-corrected chi connectivity index (χ1v) is 7.37. The molecule has 3 rings (SSSR count). The molecule has 0 aromatic heterocycles. The molecule has 106 valence electrons. The van der Waals surface area contributed by atoms with Gasteiger partial charge in [-0.25, -0.2) is 0 Å². The van der Waals surface area contributed by atoms with E-state index in [9.17, 15) is 4.79 Å². The minimum atomic E-state index is 0.0553. The molecule has 2 aromatic carbocycles. The number of carbonyl (C=O) groups excluding carboxylic acids is 1. The Morgan fingerprint density at radius 3 is 2.48 bits per heavy atom. The molecule has 1 aliphatic carbocycles. The molecule has 0 fully saturated rings. The molecule has 1 aliphatic rings. The van der Waals surface area contributed by atoms with E-state index in [0.29, 0.717) is 0 Å². The van der Waals surface area contributed by atoms with Crippen molar-refractivity contribution >= 4 is 12.4 Å². The Balaban J connectivity index is 2.09. The summed E-state index contributed by atoms with van der Waals surface area (Å²) in [5.74, 6) is 0.190. The lowest BCUT2D eigenvalue weighted by Crippen LogP contribution is -2.12. The van der Waals surface area contributed by atoms with Crippen molar-refractivity contribution in [1.82, 2.24) is 0 Å². The van der Waals surface area contributed by atoms with E-state index in [4.69, 9.17) is 0 Å². The summed E-state index contributed by atoms with van der Waals surface area (Å²) in [6.45, 7) is 6.50. The largest absolute Gasteiger partial charge is 0.298 e. The van der Waals surface area contributed by atoms with Gasteiger partial charge in [-0.2, -0.15) is 0 Å². The zero-order valence-electron chi connectivity index (χ0n) is 12.8. The van der Waals surface area contributed by atoms with Crippen LogP contribution in [-0.2, 0) is 5.41 Å². The number of hydrogen-bond donors (Lipinski definition) is 0. The SMILES string of the molecule is CC(C)(C)c1ccc(C2C=Cc3ccccc32)c(C=O)c1. The summed E-state index contributed by atoms with van der Waals surface area (Å²) in [6, 6.07) is 14.7. The Morgan fingerprint density at radius 1 is 1.00 bits per heavy atom. The maximum Gasteiger partial charge on any atom is 0.150 e. The van der Waals surface area contributed by atoms with Crippen LogP contribution in [0.15, 0.2) is 48.5 Å². The quantitative estimate of drug-likeness (QED) is 0.709. The van der Waals surface area contributed by atoms with Crippen molar-refractivity contribution < 1.29 is 4.79 Å². The third kappa shape index (κ3) is 2.44. The fourth-order valence-electron chi connectivity index (χ4n) is 2.95. The molecule has 0 N–H and O–H groups in total. The highest BCUT2D eigenvalue weighted by atomic mass is 16.1. The second-order valence-electron chi connectivity index (χ2n) is 6.68. The lowest BCUT2D eigenvalue weighted by molar-refractivity contribution is 0.112. The first-order valence-electron chi connectivity index (χ1n) is 7.37. The van der Waals surface area contributed by atoms with Gasteiger partial charge >= 0.3 is 0 Å².